The monoisotopic (exact) mass is 363 g/mol. The number of hydrogen-bond donors (Lipinski definition) is 1. The topological polar surface area (TPSA) is 82.0 Å². The molecule has 0 aliphatic carbocycles. The second kappa shape index (κ2) is 9.03. The van der Waals surface area contributed by atoms with Crippen molar-refractivity contribution in [3.8, 4) is 11.5 Å². The maximum absolute atomic E-state index is 11.8. The number of benzene rings is 1. The van der Waals surface area contributed by atoms with Crippen LogP contribution in [0.2, 0.25) is 0 Å². The smallest absolute Gasteiger partial charge is 0.350 e. The van der Waals surface area contributed by atoms with E-state index in [0.29, 0.717) is 40.4 Å². The molecule has 0 bridgehead atoms. The van der Waals surface area contributed by atoms with Crippen molar-refractivity contribution >= 4 is 28.7 Å². The highest BCUT2D eigenvalue weighted by atomic mass is 32.1. The molecule has 1 heterocycles. The maximum atomic E-state index is 11.8. The van der Waals surface area contributed by atoms with E-state index in [4.69, 9.17) is 14.2 Å². The average Bonchev–Trinajstić information content (AvgIpc) is 2.97. The average molecular weight is 363 g/mol. The van der Waals surface area contributed by atoms with E-state index in [1.165, 1.54) is 11.3 Å². The molecule has 0 aliphatic heterocycles. The standard InChI is InChI=1S/C17H21N3O4S/c1-5-23-13-8-7-12(9-14(13)22-4)10-18-20-17-19-11(3)15(25-17)16(21)24-6-2/h7-10H,5-6H2,1-4H3,(H,19,20)/b18-10+. The number of rotatable bonds is 8. The first kappa shape index (κ1) is 18.7. The first-order chi connectivity index (χ1) is 12.1. The van der Waals surface area contributed by atoms with Crippen LogP contribution in [0.5, 0.6) is 11.5 Å². The van der Waals surface area contributed by atoms with E-state index in [0.717, 1.165) is 5.56 Å². The summed E-state index contributed by atoms with van der Waals surface area (Å²) in [6.07, 6.45) is 1.64. The number of aromatic nitrogens is 1. The van der Waals surface area contributed by atoms with Crippen LogP contribution in [0.15, 0.2) is 23.3 Å². The molecule has 0 saturated carbocycles. The Labute approximate surface area is 150 Å². The van der Waals surface area contributed by atoms with Crippen LogP contribution in [0.1, 0.15) is 34.8 Å². The van der Waals surface area contributed by atoms with Crippen LogP contribution in [0.25, 0.3) is 0 Å². The van der Waals surface area contributed by atoms with Gasteiger partial charge in [0.2, 0.25) is 5.13 Å². The number of esters is 1. The molecule has 25 heavy (non-hydrogen) atoms. The van der Waals surface area contributed by atoms with Crippen LogP contribution >= 0.6 is 11.3 Å². The van der Waals surface area contributed by atoms with E-state index in [2.05, 4.69) is 15.5 Å². The number of aryl methyl sites for hydroxylation is 1. The van der Waals surface area contributed by atoms with Crippen molar-refractivity contribution in [2.45, 2.75) is 20.8 Å². The first-order valence-corrected chi connectivity index (χ1v) is 8.65. The zero-order chi connectivity index (χ0) is 18.2. The van der Waals surface area contributed by atoms with Crippen molar-refractivity contribution in [1.29, 1.82) is 0 Å². The molecule has 0 atom stereocenters. The van der Waals surface area contributed by atoms with Gasteiger partial charge in [-0.05, 0) is 44.5 Å². The van der Waals surface area contributed by atoms with Crippen LogP contribution in [-0.2, 0) is 4.74 Å². The molecule has 0 unspecified atom stereocenters. The molecule has 0 saturated heterocycles. The van der Waals surface area contributed by atoms with E-state index >= 15 is 0 Å². The van der Waals surface area contributed by atoms with Crippen molar-refractivity contribution in [3.05, 3.63) is 34.3 Å². The minimum absolute atomic E-state index is 0.330. The fraction of sp³-hybridized carbons (Fsp3) is 0.353. The molecule has 1 aromatic heterocycles. The lowest BCUT2D eigenvalue weighted by Crippen LogP contribution is -2.03. The molecule has 0 radical (unpaired) electrons. The summed E-state index contributed by atoms with van der Waals surface area (Å²) < 4.78 is 15.8. The molecule has 1 aromatic carbocycles. The summed E-state index contributed by atoms with van der Waals surface area (Å²) in [5, 5.41) is 4.67. The minimum Gasteiger partial charge on any atom is -0.493 e. The van der Waals surface area contributed by atoms with Gasteiger partial charge in [0.1, 0.15) is 4.88 Å². The van der Waals surface area contributed by atoms with Crippen LogP contribution < -0.4 is 14.9 Å². The van der Waals surface area contributed by atoms with E-state index in [-0.39, 0.29) is 5.97 Å². The third-order valence-electron chi connectivity index (χ3n) is 3.12. The predicted molar refractivity (Wildman–Crippen MR) is 98.2 cm³/mol. The Morgan fingerprint density at radius 2 is 2.12 bits per heavy atom. The predicted octanol–water partition coefficient (Wildman–Crippen LogP) is 3.48. The van der Waals surface area contributed by atoms with E-state index in [9.17, 15) is 4.79 Å². The summed E-state index contributed by atoms with van der Waals surface area (Å²) in [4.78, 5) is 16.5. The molecule has 8 heteroatoms. The van der Waals surface area contributed by atoms with Crippen LogP contribution in [0, 0.1) is 6.92 Å². The van der Waals surface area contributed by atoms with Gasteiger partial charge < -0.3 is 14.2 Å². The molecule has 0 aliphatic rings. The highest BCUT2D eigenvalue weighted by molar-refractivity contribution is 7.17. The fourth-order valence-corrected chi connectivity index (χ4v) is 2.84. The molecule has 0 fully saturated rings. The molecule has 0 amide bonds. The molecule has 0 spiro atoms. The van der Waals surface area contributed by atoms with Crippen molar-refractivity contribution in [1.82, 2.24) is 4.98 Å². The van der Waals surface area contributed by atoms with Crippen LogP contribution in [0.3, 0.4) is 0 Å². The Morgan fingerprint density at radius 1 is 1.32 bits per heavy atom. The van der Waals surface area contributed by atoms with Crippen molar-refractivity contribution in [3.63, 3.8) is 0 Å². The Kier molecular flexibility index (Phi) is 6.76. The number of ether oxygens (including phenoxy) is 3. The lowest BCUT2D eigenvalue weighted by molar-refractivity contribution is 0.0531. The number of anilines is 1. The summed E-state index contributed by atoms with van der Waals surface area (Å²) in [5.74, 6) is 0.955. The molecule has 2 aromatic rings. The number of nitrogens with zero attached hydrogens (tertiary/aromatic N) is 2. The Morgan fingerprint density at radius 3 is 2.80 bits per heavy atom. The van der Waals surface area contributed by atoms with Crippen molar-refractivity contribution < 1.29 is 19.0 Å². The van der Waals surface area contributed by atoms with Crippen LogP contribution in [-0.4, -0.2) is 37.5 Å². The largest absolute Gasteiger partial charge is 0.493 e. The lowest BCUT2D eigenvalue weighted by atomic mass is 10.2. The second-order valence-electron chi connectivity index (χ2n) is 4.87. The van der Waals surface area contributed by atoms with Crippen LogP contribution in [0.4, 0.5) is 5.13 Å². The highest BCUT2D eigenvalue weighted by Gasteiger charge is 2.15. The number of thiazole rings is 1. The number of hydrogen-bond acceptors (Lipinski definition) is 8. The normalized spacial score (nSPS) is 10.7. The minimum atomic E-state index is -0.370. The zero-order valence-corrected chi connectivity index (χ0v) is 15.5. The van der Waals surface area contributed by atoms with Gasteiger partial charge in [-0.15, -0.1) is 0 Å². The molecule has 2 rings (SSSR count). The molecular formula is C17H21N3O4S. The number of nitrogens with one attached hydrogen (secondary N) is 1. The van der Waals surface area contributed by atoms with E-state index in [1.54, 1.807) is 27.2 Å². The zero-order valence-electron chi connectivity index (χ0n) is 14.7. The number of carbonyl (C=O) groups excluding carboxylic acids is 1. The van der Waals surface area contributed by atoms with E-state index in [1.807, 2.05) is 25.1 Å². The van der Waals surface area contributed by atoms with Gasteiger partial charge in [-0.25, -0.2) is 9.78 Å². The number of methoxy groups -OCH3 is 1. The maximum Gasteiger partial charge on any atom is 0.350 e. The van der Waals surface area contributed by atoms with Gasteiger partial charge in [0.05, 0.1) is 32.2 Å². The summed E-state index contributed by atoms with van der Waals surface area (Å²) in [6, 6.07) is 5.53. The van der Waals surface area contributed by atoms with Gasteiger partial charge in [0.15, 0.2) is 11.5 Å². The quantitative estimate of drug-likeness (QED) is 0.439. The van der Waals surface area contributed by atoms with Gasteiger partial charge in [-0.1, -0.05) is 11.3 Å². The summed E-state index contributed by atoms with van der Waals surface area (Å²) in [6.45, 7) is 6.34. The second-order valence-corrected chi connectivity index (χ2v) is 5.87. The molecular weight excluding hydrogens is 342 g/mol. The lowest BCUT2D eigenvalue weighted by Gasteiger charge is -2.09. The fourth-order valence-electron chi connectivity index (χ4n) is 2.03. The Hall–Kier alpha value is -2.61. The SMILES string of the molecule is CCOC(=O)c1sc(N/N=C/c2ccc(OCC)c(OC)c2)nc1C. The van der Waals surface area contributed by atoms with E-state index < -0.39 is 0 Å². The summed E-state index contributed by atoms with van der Waals surface area (Å²) in [5.41, 5.74) is 4.28. The third-order valence-corrected chi connectivity index (χ3v) is 4.16. The van der Waals surface area contributed by atoms with Gasteiger partial charge in [-0.2, -0.15) is 5.10 Å². The van der Waals surface area contributed by atoms with Gasteiger partial charge in [-0.3, -0.25) is 5.43 Å². The molecule has 7 nitrogen and oxygen atoms in total. The first-order valence-electron chi connectivity index (χ1n) is 7.83. The summed E-state index contributed by atoms with van der Waals surface area (Å²) in [7, 11) is 1.59. The number of carbonyl (C=O) groups is 1. The van der Waals surface area contributed by atoms with Gasteiger partial charge >= 0.3 is 5.97 Å². The Bertz CT molecular complexity index is 758. The van der Waals surface area contributed by atoms with Gasteiger partial charge in [0, 0.05) is 0 Å². The summed E-state index contributed by atoms with van der Waals surface area (Å²) >= 11 is 1.20. The molecule has 134 valence electrons. The highest BCUT2D eigenvalue weighted by Crippen LogP contribution is 2.27. The third kappa shape index (κ3) is 4.93. The van der Waals surface area contributed by atoms with Crippen molar-refractivity contribution in [2.24, 2.45) is 5.10 Å². The number of hydrazone groups is 1. The molecule has 1 N–H and O–H groups in total. The Balaban J connectivity index is 2.06. The van der Waals surface area contributed by atoms with Gasteiger partial charge in [0.25, 0.3) is 0 Å². The van der Waals surface area contributed by atoms with Crippen molar-refractivity contribution in [2.75, 3.05) is 25.7 Å².